The molecule has 0 saturated carbocycles. The molecule has 1 aromatic carbocycles. The number of aliphatic hydroxyl groups is 1. The SMILES string of the molecule is OC(CNc1ccc2c(c1)OCO2)COCc1ccco1. The van der Waals surface area contributed by atoms with Gasteiger partial charge in [0.25, 0.3) is 0 Å². The maximum absolute atomic E-state index is 9.86. The first-order chi connectivity index (χ1) is 10.3. The first-order valence-corrected chi connectivity index (χ1v) is 6.73. The van der Waals surface area contributed by atoms with Crippen molar-refractivity contribution >= 4 is 5.69 Å². The number of furan rings is 1. The summed E-state index contributed by atoms with van der Waals surface area (Å²) in [6.45, 7) is 1.23. The summed E-state index contributed by atoms with van der Waals surface area (Å²) >= 11 is 0. The van der Waals surface area contributed by atoms with Crippen LogP contribution in [-0.2, 0) is 11.3 Å². The topological polar surface area (TPSA) is 73.1 Å². The van der Waals surface area contributed by atoms with Gasteiger partial charge < -0.3 is 29.1 Å². The van der Waals surface area contributed by atoms with Gasteiger partial charge in [0.2, 0.25) is 6.79 Å². The van der Waals surface area contributed by atoms with Crippen LogP contribution in [0.2, 0.25) is 0 Å². The molecule has 2 aromatic rings. The van der Waals surface area contributed by atoms with E-state index in [2.05, 4.69) is 5.32 Å². The molecule has 0 spiro atoms. The number of hydrogen-bond donors (Lipinski definition) is 2. The van der Waals surface area contributed by atoms with E-state index in [1.54, 1.807) is 12.3 Å². The van der Waals surface area contributed by atoms with Crippen LogP contribution in [0.1, 0.15) is 5.76 Å². The lowest BCUT2D eigenvalue weighted by Crippen LogP contribution is -2.24. The van der Waals surface area contributed by atoms with Gasteiger partial charge in [0.15, 0.2) is 11.5 Å². The van der Waals surface area contributed by atoms with Gasteiger partial charge in [-0.2, -0.15) is 0 Å². The zero-order valence-electron chi connectivity index (χ0n) is 11.5. The Morgan fingerprint density at radius 3 is 3.00 bits per heavy atom. The Balaban J connectivity index is 1.40. The van der Waals surface area contributed by atoms with Crippen LogP contribution >= 0.6 is 0 Å². The van der Waals surface area contributed by atoms with Crippen LogP contribution in [0.25, 0.3) is 0 Å². The van der Waals surface area contributed by atoms with E-state index in [0.717, 1.165) is 17.2 Å². The molecule has 1 unspecified atom stereocenters. The lowest BCUT2D eigenvalue weighted by Gasteiger charge is -2.13. The molecule has 2 N–H and O–H groups in total. The average Bonchev–Trinajstić information content (AvgIpc) is 3.15. The second-order valence-electron chi connectivity index (χ2n) is 4.70. The molecule has 0 saturated heterocycles. The highest BCUT2D eigenvalue weighted by molar-refractivity contribution is 5.55. The van der Waals surface area contributed by atoms with Crippen molar-refractivity contribution in [3.63, 3.8) is 0 Å². The lowest BCUT2D eigenvalue weighted by atomic mass is 10.2. The highest BCUT2D eigenvalue weighted by atomic mass is 16.7. The summed E-state index contributed by atoms with van der Waals surface area (Å²) in [7, 11) is 0. The van der Waals surface area contributed by atoms with Crippen LogP contribution in [0.3, 0.4) is 0 Å². The summed E-state index contributed by atoms with van der Waals surface area (Å²) in [5.74, 6) is 2.19. The van der Waals surface area contributed by atoms with E-state index < -0.39 is 6.10 Å². The molecule has 6 heteroatoms. The molecule has 0 amide bonds. The maximum atomic E-state index is 9.86. The Kier molecular flexibility index (Phi) is 4.28. The maximum Gasteiger partial charge on any atom is 0.231 e. The van der Waals surface area contributed by atoms with Crippen LogP contribution < -0.4 is 14.8 Å². The molecular formula is C15H17NO5. The predicted molar refractivity (Wildman–Crippen MR) is 75.4 cm³/mol. The Morgan fingerprint density at radius 1 is 1.24 bits per heavy atom. The fourth-order valence-corrected chi connectivity index (χ4v) is 1.99. The quantitative estimate of drug-likeness (QED) is 0.813. The van der Waals surface area contributed by atoms with Gasteiger partial charge in [-0.15, -0.1) is 0 Å². The molecule has 21 heavy (non-hydrogen) atoms. The van der Waals surface area contributed by atoms with E-state index in [1.165, 1.54) is 0 Å². The molecule has 1 aromatic heterocycles. The normalized spacial score (nSPS) is 14.1. The fourth-order valence-electron chi connectivity index (χ4n) is 1.99. The van der Waals surface area contributed by atoms with Crippen molar-refractivity contribution in [3.8, 4) is 11.5 Å². The monoisotopic (exact) mass is 291 g/mol. The summed E-state index contributed by atoms with van der Waals surface area (Å²) in [6.07, 6.45) is 0.987. The third-order valence-corrected chi connectivity index (χ3v) is 3.05. The summed E-state index contributed by atoms with van der Waals surface area (Å²) in [4.78, 5) is 0. The van der Waals surface area contributed by atoms with E-state index in [1.807, 2.05) is 24.3 Å². The first kappa shape index (κ1) is 13.8. The van der Waals surface area contributed by atoms with Gasteiger partial charge in [0, 0.05) is 18.3 Å². The second kappa shape index (κ2) is 6.51. The molecule has 112 valence electrons. The summed E-state index contributed by atoms with van der Waals surface area (Å²) in [6, 6.07) is 9.20. The number of benzene rings is 1. The molecule has 2 heterocycles. The molecule has 1 atom stereocenters. The number of aliphatic hydroxyl groups excluding tert-OH is 1. The van der Waals surface area contributed by atoms with E-state index >= 15 is 0 Å². The standard InChI is InChI=1S/C15H17NO5/c17-12(8-18-9-13-2-1-5-19-13)7-16-11-3-4-14-15(6-11)21-10-20-14/h1-6,12,16-17H,7-10H2. The second-order valence-corrected chi connectivity index (χ2v) is 4.70. The van der Waals surface area contributed by atoms with Gasteiger partial charge in [-0.25, -0.2) is 0 Å². The molecule has 0 radical (unpaired) electrons. The van der Waals surface area contributed by atoms with Gasteiger partial charge in [0.05, 0.1) is 19.0 Å². The highest BCUT2D eigenvalue weighted by Crippen LogP contribution is 2.34. The third-order valence-electron chi connectivity index (χ3n) is 3.05. The Morgan fingerprint density at radius 2 is 2.14 bits per heavy atom. The number of nitrogens with one attached hydrogen (secondary N) is 1. The molecule has 0 bridgehead atoms. The van der Waals surface area contributed by atoms with Gasteiger partial charge in [-0.05, 0) is 24.3 Å². The number of hydrogen-bond acceptors (Lipinski definition) is 6. The van der Waals surface area contributed by atoms with E-state index in [0.29, 0.717) is 18.9 Å². The molecule has 3 rings (SSSR count). The van der Waals surface area contributed by atoms with Crippen molar-refractivity contribution in [2.24, 2.45) is 0 Å². The van der Waals surface area contributed by atoms with Crippen molar-refractivity contribution in [2.75, 3.05) is 25.3 Å². The van der Waals surface area contributed by atoms with E-state index in [-0.39, 0.29) is 13.4 Å². The average molecular weight is 291 g/mol. The van der Waals surface area contributed by atoms with Gasteiger partial charge in [-0.3, -0.25) is 0 Å². The summed E-state index contributed by atoms with van der Waals surface area (Å²) in [5, 5.41) is 13.0. The molecule has 6 nitrogen and oxygen atoms in total. The summed E-state index contributed by atoms with van der Waals surface area (Å²) in [5.41, 5.74) is 0.865. The highest BCUT2D eigenvalue weighted by Gasteiger charge is 2.13. The zero-order valence-corrected chi connectivity index (χ0v) is 11.5. The number of fused-ring (bicyclic) bond motifs is 1. The Hall–Kier alpha value is -2.18. The predicted octanol–water partition coefficient (Wildman–Crippen LogP) is 2.00. The van der Waals surface area contributed by atoms with Crippen LogP contribution in [-0.4, -0.2) is 31.2 Å². The van der Waals surface area contributed by atoms with Crippen LogP contribution in [0.15, 0.2) is 41.0 Å². The number of ether oxygens (including phenoxy) is 3. The van der Waals surface area contributed by atoms with Crippen molar-refractivity contribution in [3.05, 3.63) is 42.4 Å². The van der Waals surface area contributed by atoms with Gasteiger partial charge >= 0.3 is 0 Å². The number of rotatable bonds is 7. The minimum absolute atomic E-state index is 0.234. The number of anilines is 1. The van der Waals surface area contributed by atoms with Crippen molar-refractivity contribution < 1.29 is 23.7 Å². The first-order valence-electron chi connectivity index (χ1n) is 6.73. The minimum Gasteiger partial charge on any atom is -0.467 e. The van der Waals surface area contributed by atoms with Crippen LogP contribution in [0, 0.1) is 0 Å². The van der Waals surface area contributed by atoms with Crippen LogP contribution in [0.4, 0.5) is 5.69 Å². The summed E-state index contributed by atoms with van der Waals surface area (Å²) < 4.78 is 21.0. The van der Waals surface area contributed by atoms with E-state index in [4.69, 9.17) is 18.6 Å². The lowest BCUT2D eigenvalue weighted by molar-refractivity contribution is 0.0282. The van der Waals surface area contributed by atoms with Crippen molar-refractivity contribution in [1.82, 2.24) is 0 Å². The molecular weight excluding hydrogens is 274 g/mol. The van der Waals surface area contributed by atoms with Gasteiger partial charge in [0.1, 0.15) is 12.4 Å². The molecule has 0 aliphatic carbocycles. The molecule has 1 aliphatic rings. The fraction of sp³-hybridized carbons (Fsp3) is 0.333. The van der Waals surface area contributed by atoms with Crippen molar-refractivity contribution in [2.45, 2.75) is 12.7 Å². The minimum atomic E-state index is -0.606. The Labute approximate surface area is 122 Å². The van der Waals surface area contributed by atoms with Crippen molar-refractivity contribution in [1.29, 1.82) is 0 Å². The van der Waals surface area contributed by atoms with Gasteiger partial charge in [-0.1, -0.05) is 0 Å². The Bertz CT molecular complexity index is 569. The third kappa shape index (κ3) is 3.68. The smallest absolute Gasteiger partial charge is 0.231 e. The zero-order chi connectivity index (χ0) is 14.5. The largest absolute Gasteiger partial charge is 0.467 e. The van der Waals surface area contributed by atoms with E-state index in [9.17, 15) is 5.11 Å². The molecule has 1 aliphatic heterocycles. The molecule has 0 fully saturated rings. The van der Waals surface area contributed by atoms with Crippen LogP contribution in [0.5, 0.6) is 11.5 Å².